The highest BCUT2D eigenvalue weighted by atomic mass is 32.1. The fourth-order valence-corrected chi connectivity index (χ4v) is 4.27. The Hall–Kier alpha value is -1.23. The largest absolute Gasteiger partial charge is 0.312 e. The van der Waals surface area contributed by atoms with Gasteiger partial charge >= 0.3 is 0 Å². The van der Waals surface area contributed by atoms with Crippen molar-refractivity contribution in [1.82, 2.24) is 10.3 Å². The molecule has 98 valence electrons. The summed E-state index contributed by atoms with van der Waals surface area (Å²) in [6.07, 6.45) is 1.02. The van der Waals surface area contributed by atoms with Crippen LogP contribution in [0.25, 0.3) is 10.1 Å². The van der Waals surface area contributed by atoms with Crippen LogP contribution in [-0.2, 0) is 6.42 Å². The van der Waals surface area contributed by atoms with Crippen LogP contribution < -0.4 is 5.32 Å². The number of fused-ring (bicyclic) bond motifs is 1. The molecule has 0 spiro atoms. The molecule has 19 heavy (non-hydrogen) atoms. The van der Waals surface area contributed by atoms with Crippen molar-refractivity contribution in [3.8, 4) is 0 Å². The summed E-state index contributed by atoms with van der Waals surface area (Å²) in [5.41, 5.74) is 4.50. The van der Waals surface area contributed by atoms with Gasteiger partial charge in [0.1, 0.15) is 0 Å². The number of aromatic nitrogens is 1. The van der Waals surface area contributed by atoms with E-state index >= 15 is 0 Å². The van der Waals surface area contributed by atoms with Gasteiger partial charge in [-0.25, -0.2) is 4.98 Å². The van der Waals surface area contributed by atoms with Crippen LogP contribution in [0.2, 0.25) is 0 Å². The second kappa shape index (κ2) is 5.41. The number of benzene rings is 1. The van der Waals surface area contributed by atoms with Crippen molar-refractivity contribution >= 4 is 32.8 Å². The SMILES string of the molecule is CNC(Cc1csc2ccccc12)c1scnc1C. The summed E-state index contributed by atoms with van der Waals surface area (Å²) in [5, 5.41) is 7.09. The molecule has 4 heteroatoms. The third kappa shape index (κ3) is 2.43. The number of likely N-dealkylation sites (N-methyl/N-ethyl adjacent to an activating group) is 1. The number of thiazole rings is 1. The molecular weight excluding hydrogens is 272 g/mol. The van der Waals surface area contributed by atoms with Gasteiger partial charge in [0.2, 0.25) is 0 Å². The molecule has 2 aromatic heterocycles. The Bertz CT molecular complexity index is 684. The lowest BCUT2D eigenvalue weighted by Crippen LogP contribution is -2.18. The van der Waals surface area contributed by atoms with Crippen molar-refractivity contribution < 1.29 is 0 Å². The normalized spacial score (nSPS) is 12.9. The minimum atomic E-state index is 0.352. The van der Waals surface area contributed by atoms with Crippen LogP contribution in [0.4, 0.5) is 0 Å². The zero-order valence-corrected chi connectivity index (χ0v) is 12.6. The van der Waals surface area contributed by atoms with Gasteiger partial charge in [-0.2, -0.15) is 0 Å². The standard InChI is InChI=1S/C15H16N2S2/c1-10-15(19-9-17-10)13(16-2)7-11-8-18-14-6-4-3-5-12(11)14/h3-6,8-9,13,16H,7H2,1-2H3. The maximum absolute atomic E-state index is 4.36. The molecule has 2 nitrogen and oxygen atoms in total. The van der Waals surface area contributed by atoms with Gasteiger partial charge in [0.15, 0.2) is 0 Å². The molecule has 0 aliphatic heterocycles. The van der Waals surface area contributed by atoms with Crippen LogP contribution in [0.5, 0.6) is 0 Å². The molecule has 1 N–H and O–H groups in total. The lowest BCUT2D eigenvalue weighted by atomic mass is 10.0. The minimum absolute atomic E-state index is 0.352. The number of aryl methyl sites for hydroxylation is 1. The summed E-state index contributed by atoms with van der Waals surface area (Å²) in [6, 6.07) is 8.98. The maximum atomic E-state index is 4.36. The molecule has 3 aromatic rings. The number of thiophene rings is 1. The van der Waals surface area contributed by atoms with Crippen LogP contribution in [0, 0.1) is 6.92 Å². The zero-order chi connectivity index (χ0) is 13.2. The summed E-state index contributed by atoms with van der Waals surface area (Å²) < 4.78 is 1.37. The van der Waals surface area contributed by atoms with Crippen LogP contribution in [0.3, 0.4) is 0 Å². The molecule has 0 amide bonds. The number of rotatable bonds is 4. The molecule has 1 unspecified atom stereocenters. The Balaban J connectivity index is 1.93. The van der Waals surface area contributed by atoms with Gasteiger partial charge in [-0.3, -0.25) is 0 Å². The van der Waals surface area contributed by atoms with Crippen LogP contribution in [-0.4, -0.2) is 12.0 Å². The van der Waals surface area contributed by atoms with E-state index in [-0.39, 0.29) is 0 Å². The number of nitrogens with one attached hydrogen (secondary N) is 1. The fourth-order valence-electron chi connectivity index (χ4n) is 2.38. The summed E-state index contributed by atoms with van der Waals surface area (Å²) in [5.74, 6) is 0. The van der Waals surface area contributed by atoms with Crippen molar-refractivity contribution in [1.29, 1.82) is 0 Å². The van der Waals surface area contributed by atoms with Crippen molar-refractivity contribution in [3.05, 3.63) is 51.3 Å². The molecule has 0 bridgehead atoms. The van der Waals surface area contributed by atoms with E-state index in [0.717, 1.165) is 12.1 Å². The summed E-state index contributed by atoms with van der Waals surface area (Å²) in [4.78, 5) is 5.70. The Morgan fingerprint density at radius 3 is 2.84 bits per heavy atom. The van der Waals surface area contributed by atoms with Gasteiger partial charge in [-0.05, 0) is 42.8 Å². The minimum Gasteiger partial charge on any atom is -0.312 e. The smallest absolute Gasteiger partial charge is 0.0798 e. The van der Waals surface area contributed by atoms with Crippen molar-refractivity contribution in [2.24, 2.45) is 0 Å². The first-order valence-corrected chi connectivity index (χ1v) is 8.08. The second-order valence-electron chi connectivity index (χ2n) is 4.60. The predicted octanol–water partition coefficient (Wildman–Crippen LogP) is 4.17. The Labute approximate surface area is 121 Å². The van der Waals surface area contributed by atoms with E-state index in [1.165, 1.54) is 20.5 Å². The monoisotopic (exact) mass is 288 g/mol. The molecule has 0 saturated heterocycles. The van der Waals surface area contributed by atoms with E-state index in [1.54, 1.807) is 11.3 Å². The van der Waals surface area contributed by atoms with Crippen LogP contribution in [0.1, 0.15) is 22.2 Å². The van der Waals surface area contributed by atoms with Crippen LogP contribution >= 0.6 is 22.7 Å². The average molecular weight is 288 g/mol. The highest BCUT2D eigenvalue weighted by Crippen LogP contribution is 2.31. The topological polar surface area (TPSA) is 24.9 Å². The predicted molar refractivity (Wildman–Crippen MR) is 84.2 cm³/mol. The molecule has 0 saturated carbocycles. The number of hydrogen-bond acceptors (Lipinski definition) is 4. The Morgan fingerprint density at radius 2 is 2.11 bits per heavy atom. The molecule has 1 atom stereocenters. The van der Waals surface area contributed by atoms with Gasteiger partial charge in [-0.1, -0.05) is 18.2 Å². The van der Waals surface area contributed by atoms with Crippen LogP contribution in [0.15, 0.2) is 35.2 Å². The molecule has 1 aromatic carbocycles. The lowest BCUT2D eigenvalue weighted by Gasteiger charge is -2.14. The van der Waals surface area contributed by atoms with Gasteiger partial charge in [0.25, 0.3) is 0 Å². The number of hydrogen-bond donors (Lipinski definition) is 1. The third-order valence-corrected chi connectivity index (χ3v) is 5.49. The van der Waals surface area contributed by atoms with Gasteiger partial charge in [0.05, 0.1) is 11.2 Å². The van der Waals surface area contributed by atoms with Crippen molar-refractivity contribution in [3.63, 3.8) is 0 Å². The maximum Gasteiger partial charge on any atom is 0.0798 e. The first-order chi connectivity index (χ1) is 9.29. The molecule has 0 aliphatic rings. The lowest BCUT2D eigenvalue weighted by molar-refractivity contribution is 0.600. The van der Waals surface area contributed by atoms with E-state index in [2.05, 4.69) is 46.9 Å². The average Bonchev–Trinajstić information content (AvgIpc) is 3.03. The quantitative estimate of drug-likeness (QED) is 0.779. The first kappa shape index (κ1) is 12.8. The molecule has 3 rings (SSSR count). The van der Waals surface area contributed by atoms with E-state index < -0.39 is 0 Å². The molecule has 0 radical (unpaired) electrons. The zero-order valence-electron chi connectivity index (χ0n) is 11.0. The Morgan fingerprint density at radius 1 is 1.26 bits per heavy atom. The van der Waals surface area contributed by atoms with Gasteiger partial charge < -0.3 is 5.32 Å². The summed E-state index contributed by atoms with van der Waals surface area (Å²) in [6.45, 7) is 2.09. The van der Waals surface area contributed by atoms with Crippen molar-refractivity contribution in [2.75, 3.05) is 7.05 Å². The summed E-state index contributed by atoms with van der Waals surface area (Å²) in [7, 11) is 2.03. The highest BCUT2D eigenvalue weighted by molar-refractivity contribution is 7.17. The highest BCUT2D eigenvalue weighted by Gasteiger charge is 2.16. The molecule has 2 heterocycles. The van der Waals surface area contributed by atoms with E-state index in [0.29, 0.717) is 6.04 Å². The van der Waals surface area contributed by atoms with Gasteiger partial charge in [-0.15, -0.1) is 22.7 Å². The third-order valence-electron chi connectivity index (χ3n) is 3.43. The second-order valence-corrected chi connectivity index (χ2v) is 6.40. The number of nitrogens with zero attached hydrogens (tertiary/aromatic N) is 1. The molecule has 0 fully saturated rings. The van der Waals surface area contributed by atoms with Gasteiger partial charge in [0, 0.05) is 15.6 Å². The van der Waals surface area contributed by atoms with E-state index in [4.69, 9.17) is 0 Å². The molecular formula is C15H16N2S2. The first-order valence-electron chi connectivity index (χ1n) is 6.32. The van der Waals surface area contributed by atoms with E-state index in [9.17, 15) is 0 Å². The Kier molecular flexibility index (Phi) is 3.64. The molecule has 0 aliphatic carbocycles. The summed E-state index contributed by atoms with van der Waals surface area (Å²) >= 11 is 3.57. The van der Waals surface area contributed by atoms with Crippen molar-refractivity contribution in [2.45, 2.75) is 19.4 Å². The fraction of sp³-hybridized carbons (Fsp3) is 0.267. The van der Waals surface area contributed by atoms with E-state index in [1.807, 2.05) is 23.9 Å².